The van der Waals surface area contributed by atoms with Gasteiger partial charge in [0.2, 0.25) is 0 Å². The molecule has 39 valence electrons. The van der Waals surface area contributed by atoms with Gasteiger partial charge in [0.1, 0.15) is 5.75 Å². The molecule has 0 aliphatic rings. The minimum Gasteiger partial charge on any atom is -0.508 e. The molecule has 0 aromatic heterocycles. The van der Waals surface area contributed by atoms with Gasteiger partial charge in [0.25, 0.3) is 0 Å². The van der Waals surface area contributed by atoms with Gasteiger partial charge >= 0.3 is 0 Å². The minimum absolute atomic E-state index is 0. The van der Waals surface area contributed by atoms with Crippen LogP contribution >= 0.6 is 0 Å². The predicted octanol–water partition coefficient (Wildman–Crippen LogP) is 1.39. The molecule has 0 unspecified atom stereocenters. The fourth-order valence-electron chi connectivity index (χ4n) is 0.428. The van der Waals surface area contributed by atoms with Crippen LogP contribution in [-0.4, -0.2) is 5.11 Å². The Morgan fingerprint density at radius 2 is 1.50 bits per heavy atom. The zero-order chi connectivity index (χ0) is 5.11. The molecule has 0 aliphatic heterocycles. The molecular formula is C6H6OY. The zero-order valence-corrected chi connectivity index (χ0v) is 7.25. The van der Waals surface area contributed by atoms with E-state index in [2.05, 4.69) is 0 Å². The molecule has 0 spiro atoms. The summed E-state index contributed by atoms with van der Waals surface area (Å²) in [7, 11) is 0. The number of para-hydroxylation sites is 1. The fourth-order valence-corrected chi connectivity index (χ4v) is 0.428. The van der Waals surface area contributed by atoms with E-state index in [1.54, 1.807) is 24.3 Å². The predicted molar refractivity (Wildman–Crippen MR) is 28.1 cm³/mol. The van der Waals surface area contributed by atoms with Crippen molar-refractivity contribution in [2.45, 2.75) is 0 Å². The standard InChI is InChI=1S/C6H6O.Y/c7-6-4-2-1-3-5-6;/h1-5,7H;. The molecule has 0 fully saturated rings. The van der Waals surface area contributed by atoms with Crippen LogP contribution in [-0.2, 0) is 32.7 Å². The van der Waals surface area contributed by atoms with Crippen LogP contribution in [0.1, 0.15) is 0 Å². The van der Waals surface area contributed by atoms with Crippen molar-refractivity contribution < 1.29 is 37.8 Å². The van der Waals surface area contributed by atoms with E-state index in [0.717, 1.165) is 0 Å². The Hall–Kier alpha value is 0.124. The van der Waals surface area contributed by atoms with Crippen LogP contribution in [0.25, 0.3) is 0 Å². The molecule has 0 atom stereocenters. The van der Waals surface area contributed by atoms with E-state index in [9.17, 15) is 0 Å². The van der Waals surface area contributed by atoms with Crippen molar-refractivity contribution in [2.24, 2.45) is 0 Å². The first-order valence-electron chi connectivity index (χ1n) is 2.13. The number of phenolic OH excluding ortho intramolecular Hbond substituents is 1. The van der Waals surface area contributed by atoms with Gasteiger partial charge in [-0.05, 0) is 12.1 Å². The Balaban J connectivity index is 0.000000490. The Morgan fingerprint density at radius 1 is 1.00 bits per heavy atom. The number of hydrogen-bond acceptors (Lipinski definition) is 1. The van der Waals surface area contributed by atoms with Crippen LogP contribution in [0, 0.1) is 0 Å². The van der Waals surface area contributed by atoms with Crippen molar-refractivity contribution in [3.05, 3.63) is 30.3 Å². The van der Waals surface area contributed by atoms with E-state index < -0.39 is 0 Å². The van der Waals surface area contributed by atoms with Crippen molar-refractivity contribution in [3.8, 4) is 5.75 Å². The number of benzene rings is 1. The summed E-state index contributed by atoms with van der Waals surface area (Å²) in [6, 6.07) is 8.71. The fraction of sp³-hybridized carbons (Fsp3) is 0. The summed E-state index contributed by atoms with van der Waals surface area (Å²) < 4.78 is 0. The quantitative estimate of drug-likeness (QED) is 0.644. The number of hydrogen-bond donors (Lipinski definition) is 1. The van der Waals surface area contributed by atoms with Crippen molar-refractivity contribution in [2.75, 3.05) is 0 Å². The SMILES string of the molecule is Oc1ccccc1.[Y]. The molecule has 1 nitrogen and oxygen atoms in total. The van der Waals surface area contributed by atoms with Crippen molar-refractivity contribution in [1.82, 2.24) is 0 Å². The molecule has 0 saturated heterocycles. The molecule has 0 saturated carbocycles. The Kier molecular flexibility index (Phi) is 4.11. The first-order valence-corrected chi connectivity index (χ1v) is 2.13. The van der Waals surface area contributed by atoms with Gasteiger partial charge in [-0.25, -0.2) is 0 Å². The second-order valence-corrected chi connectivity index (χ2v) is 1.34. The molecule has 0 bridgehead atoms. The van der Waals surface area contributed by atoms with Crippen molar-refractivity contribution in [3.63, 3.8) is 0 Å². The minimum atomic E-state index is 0. The summed E-state index contributed by atoms with van der Waals surface area (Å²) in [6.07, 6.45) is 0. The molecule has 1 radical (unpaired) electrons. The first-order chi connectivity index (χ1) is 3.39. The largest absolute Gasteiger partial charge is 0.508 e. The van der Waals surface area contributed by atoms with Crippen LogP contribution in [0.4, 0.5) is 0 Å². The Morgan fingerprint density at radius 3 is 1.75 bits per heavy atom. The van der Waals surface area contributed by atoms with E-state index in [4.69, 9.17) is 5.11 Å². The molecule has 0 aliphatic carbocycles. The maximum atomic E-state index is 8.63. The van der Waals surface area contributed by atoms with E-state index >= 15 is 0 Å². The van der Waals surface area contributed by atoms with Crippen molar-refractivity contribution in [1.29, 1.82) is 0 Å². The average Bonchev–Trinajstić information content (AvgIpc) is 1.69. The summed E-state index contributed by atoms with van der Waals surface area (Å²) in [5.74, 6) is 0.322. The number of aromatic hydroxyl groups is 1. The monoisotopic (exact) mass is 183 g/mol. The second kappa shape index (κ2) is 4.05. The first kappa shape index (κ1) is 8.12. The zero-order valence-electron chi connectivity index (χ0n) is 4.41. The molecule has 1 N–H and O–H groups in total. The molecule has 0 heterocycles. The topological polar surface area (TPSA) is 20.2 Å². The van der Waals surface area contributed by atoms with E-state index in [0.29, 0.717) is 5.75 Å². The van der Waals surface area contributed by atoms with Gasteiger partial charge in [-0.15, -0.1) is 0 Å². The van der Waals surface area contributed by atoms with Gasteiger partial charge in [0, 0.05) is 32.7 Å². The number of rotatable bonds is 0. The second-order valence-electron chi connectivity index (χ2n) is 1.34. The van der Waals surface area contributed by atoms with E-state index in [-0.39, 0.29) is 32.7 Å². The third-order valence-electron chi connectivity index (χ3n) is 0.756. The summed E-state index contributed by atoms with van der Waals surface area (Å²) in [5.41, 5.74) is 0. The van der Waals surface area contributed by atoms with Gasteiger partial charge < -0.3 is 5.11 Å². The Labute approximate surface area is 73.6 Å². The average molecular weight is 183 g/mol. The molecule has 2 heteroatoms. The molecule has 0 amide bonds. The normalized spacial score (nSPS) is 7.50. The van der Waals surface area contributed by atoms with Gasteiger partial charge in [0.15, 0.2) is 0 Å². The van der Waals surface area contributed by atoms with Gasteiger partial charge in [0.05, 0.1) is 0 Å². The van der Waals surface area contributed by atoms with Gasteiger partial charge in [-0.2, -0.15) is 0 Å². The van der Waals surface area contributed by atoms with Crippen LogP contribution < -0.4 is 0 Å². The van der Waals surface area contributed by atoms with Crippen LogP contribution in [0.5, 0.6) is 5.75 Å². The van der Waals surface area contributed by atoms with E-state index in [1.807, 2.05) is 6.07 Å². The third-order valence-corrected chi connectivity index (χ3v) is 0.756. The molecule has 1 rings (SSSR count). The molecule has 8 heavy (non-hydrogen) atoms. The summed E-state index contributed by atoms with van der Waals surface area (Å²) >= 11 is 0. The summed E-state index contributed by atoms with van der Waals surface area (Å²) in [4.78, 5) is 0. The smallest absolute Gasteiger partial charge is 0.115 e. The van der Waals surface area contributed by atoms with Gasteiger partial charge in [-0.3, -0.25) is 0 Å². The summed E-state index contributed by atoms with van der Waals surface area (Å²) in [5, 5.41) is 8.63. The molecule has 1 aromatic carbocycles. The van der Waals surface area contributed by atoms with Crippen LogP contribution in [0.15, 0.2) is 30.3 Å². The summed E-state index contributed by atoms with van der Waals surface area (Å²) in [6.45, 7) is 0. The van der Waals surface area contributed by atoms with E-state index in [1.165, 1.54) is 0 Å². The number of phenols is 1. The molecular weight excluding hydrogens is 177 g/mol. The van der Waals surface area contributed by atoms with Crippen LogP contribution in [0.3, 0.4) is 0 Å². The maximum absolute atomic E-state index is 8.63. The maximum Gasteiger partial charge on any atom is 0.115 e. The molecule has 1 aromatic rings. The Bertz CT molecular complexity index is 138. The van der Waals surface area contributed by atoms with Crippen LogP contribution in [0.2, 0.25) is 0 Å². The third kappa shape index (κ3) is 2.44. The van der Waals surface area contributed by atoms with Gasteiger partial charge in [-0.1, -0.05) is 18.2 Å². The van der Waals surface area contributed by atoms with Crippen molar-refractivity contribution >= 4 is 0 Å².